The van der Waals surface area contributed by atoms with Crippen LogP contribution in [0.4, 0.5) is 5.13 Å². The van der Waals surface area contributed by atoms with Gasteiger partial charge in [0, 0.05) is 13.6 Å². The van der Waals surface area contributed by atoms with Crippen LogP contribution in [-0.2, 0) is 0 Å². The topological polar surface area (TPSA) is 78.4 Å². The van der Waals surface area contributed by atoms with E-state index >= 15 is 0 Å². The number of aliphatic hydroxyl groups is 1. The maximum atomic E-state index is 12.3. The molecule has 0 bridgehead atoms. The van der Waals surface area contributed by atoms with Gasteiger partial charge in [0.15, 0.2) is 0 Å². The van der Waals surface area contributed by atoms with Gasteiger partial charge >= 0.3 is 0 Å². The third-order valence-electron chi connectivity index (χ3n) is 3.45. The third kappa shape index (κ3) is 3.22. The number of carbonyl (C=O) groups is 1. The van der Waals surface area contributed by atoms with Gasteiger partial charge in [-0.15, -0.1) is 10.2 Å². The minimum Gasteiger partial charge on any atom is -0.391 e. The number of aliphatic hydroxyl groups excluding tert-OH is 1. The molecule has 1 amide bonds. The summed E-state index contributed by atoms with van der Waals surface area (Å²) in [5.41, 5.74) is 0. The lowest BCUT2D eigenvalue weighted by Gasteiger charge is -2.34. The van der Waals surface area contributed by atoms with E-state index in [1.54, 1.807) is 11.9 Å². The number of nitrogens with one attached hydrogen (secondary N) is 1. The number of rotatable bonds is 4. The van der Waals surface area contributed by atoms with E-state index in [1.807, 2.05) is 6.92 Å². The Morgan fingerprint density at radius 1 is 1.47 bits per heavy atom. The fourth-order valence-corrected chi connectivity index (χ4v) is 3.17. The molecule has 1 aromatic heterocycles. The molecule has 0 saturated heterocycles. The summed E-state index contributed by atoms with van der Waals surface area (Å²) in [6.45, 7) is 2.72. The molecule has 1 aromatic rings. The van der Waals surface area contributed by atoms with Gasteiger partial charge in [0.2, 0.25) is 10.1 Å². The Labute approximate surface area is 116 Å². The molecule has 1 fully saturated rings. The summed E-state index contributed by atoms with van der Waals surface area (Å²) in [6.07, 6.45) is 3.27. The van der Waals surface area contributed by atoms with Gasteiger partial charge in [-0.1, -0.05) is 24.2 Å². The van der Waals surface area contributed by atoms with E-state index in [2.05, 4.69) is 15.5 Å². The first-order valence-corrected chi connectivity index (χ1v) is 7.47. The lowest BCUT2D eigenvalue weighted by Crippen LogP contribution is -2.46. The summed E-state index contributed by atoms with van der Waals surface area (Å²) < 4.78 is 0. The second-order valence-electron chi connectivity index (χ2n) is 4.78. The zero-order valence-corrected chi connectivity index (χ0v) is 12.1. The fourth-order valence-electron chi connectivity index (χ4n) is 2.38. The van der Waals surface area contributed by atoms with Crippen LogP contribution in [-0.4, -0.2) is 51.8 Å². The molecule has 2 atom stereocenters. The highest BCUT2D eigenvalue weighted by Crippen LogP contribution is 2.24. The minimum absolute atomic E-state index is 0.104. The van der Waals surface area contributed by atoms with Gasteiger partial charge in [0.1, 0.15) is 0 Å². The lowest BCUT2D eigenvalue weighted by molar-refractivity contribution is 0.0267. The number of aromatic nitrogens is 2. The highest BCUT2D eigenvalue weighted by atomic mass is 32.1. The summed E-state index contributed by atoms with van der Waals surface area (Å²) in [4.78, 5) is 13.9. The summed E-state index contributed by atoms with van der Waals surface area (Å²) in [5.74, 6) is -0.160. The van der Waals surface area contributed by atoms with Gasteiger partial charge in [-0.3, -0.25) is 4.79 Å². The zero-order chi connectivity index (χ0) is 13.8. The van der Waals surface area contributed by atoms with Crippen LogP contribution in [0.2, 0.25) is 0 Å². The second-order valence-corrected chi connectivity index (χ2v) is 5.76. The highest BCUT2D eigenvalue weighted by molar-refractivity contribution is 7.17. The largest absolute Gasteiger partial charge is 0.391 e. The van der Waals surface area contributed by atoms with Crippen LogP contribution < -0.4 is 5.32 Å². The first-order valence-electron chi connectivity index (χ1n) is 6.66. The molecule has 106 valence electrons. The predicted molar refractivity (Wildman–Crippen MR) is 74.4 cm³/mol. The molecule has 1 aliphatic carbocycles. The summed E-state index contributed by atoms with van der Waals surface area (Å²) in [7, 11) is 1.73. The van der Waals surface area contributed by atoms with Gasteiger partial charge in [-0.05, 0) is 19.8 Å². The van der Waals surface area contributed by atoms with Crippen molar-refractivity contribution in [2.45, 2.75) is 44.8 Å². The molecule has 2 N–H and O–H groups in total. The molecule has 2 unspecified atom stereocenters. The first-order chi connectivity index (χ1) is 9.13. The Morgan fingerprint density at radius 2 is 2.21 bits per heavy atom. The van der Waals surface area contributed by atoms with Crippen LogP contribution in [0.25, 0.3) is 0 Å². The Kier molecular flexibility index (Phi) is 4.71. The van der Waals surface area contributed by atoms with Gasteiger partial charge in [-0.2, -0.15) is 0 Å². The maximum absolute atomic E-state index is 12.3. The average molecular weight is 284 g/mol. The van der Waals surface area contributed by atoms with Crippen molar-refractivity contribution in [1.29, 1.82) is 0 Å². The van der Waals surface area contributed by atoms with E-state index in [4.69, 9.17) is 0 Å². The summed E-state index contributed by atoms with van der Waals surface area (Å²) in [6, 6.07) is -0.104. The number of hydrogen-bond acceptors (Lipinski definition) is 6. The monoisotopic (exact) mass is 284 g/mol. The Morgan fingerprint density at radius 3 is 2.89 bits per heavy atom. The van der Waals surface area contributed by atoms with E-state index in [0.29, 0.717) is 10.1 Å². The molecule has 19 heavy (non-hydrogen) atoms. The van der Waals surface area contributed by atoms with Crippen LogP contribution in [0, 0.1) is 0 Å². The predicted octanol–water partition coefficient (Wildman–Crippen LogP) is 1.35. The summed E-state index contributed by atoms with van der Waals surface area (Å²) >= 11 is 1.25. The molecule has 0 aromatic carbocycles. The van der Waals surface area contributed by atoms with Crippen LogP contribution in [0.1, 0.15) is 42.4 Å². The number of carbonyl (C=O) groups excluding carboxylic acids is 1. The minimum atomic E-state index is -0.427. The van der Waals surface area contributed by atoms with E-state index in [9.17, 15) is 9.90 Å². The van der Waals surface area contributed by atoms with Gasteiger partial charge in [-0.25, -0.2) is 0 Å². The van der Waals surface area contributed by atoms with Gasteiger partial charge < -0.3 is 15.3 Å². The number of nitrogens with zero attached hydrogens (tertiary/aromatic N) is 3. The molecular weight excluding hydrogens is 264 g/mol. The molecule has 0 aliphatic heterocycles. The molecule has 2 rings (SSSR count). The van der Waals surface area contributed by atoms with Crippen molar-refractivity contribution in [3.8, 4) is 0 Å². The van der Waals surface area contributed by atoms with Gasteiger partial charge in [0.05, 0.1) is 12.1 Å². The number of anilines is 1. The normalized spacial score (nSPS) is 23.1. The standard InChI is InChI=1S/C12H20N4O2S/c1-3-13-12-15-14-10(19-12)11(18)16(2)8-6-4-5-7-9(8)17/h8-9,17H,3-7H2,1-2H3,(H,13,15). The Hall–Kier alpha value is -1.21. The van der Waals surface area contributed by atoms with Crippen LogP contribution >= 0.6 is 11.3 Å². The van der Waals surface area contributed by atoms with E-state index < -0.39 is 6.10 Å². The first kappa shape index (κ1) is 14.2. The average Bonchev–Trinajstić information content (AvgIpc) is 2.87. The van der Waals surface area contributed by atoms with Crippen LogP contribution in [0.5, 0.6) is 0 Å². The Bertz CT molecular complexity index is 437. The fraction of sp³-hybridized carbons (Fsp3) is 0.750. The van der Waals surface area contributed by atoms with Crippen molar-refractivity contribution in [3.05, 3.63) is 5.01 Å². The lowest BCUT2D eigenvalue weighted by atomic mass is 9.91. The van der Waals surface area contributed by atoms with Crippen molar-refractivity contribution >= 4 is 22.4 Å². The molecule has 0 radical (unpaired) electrons. The number of likely N-dealkylation sites (N-methyl/N-ethyl adjacent to an activating group) is 1. The smallest absolute Gasteiger partial charge is 0.284 e. The van der Waals surface area contributed by atoms with Gasteiger partial charge in [0.25, 0.3) is 5.91 Å². The van der Waals surface area contributed by atoms with E-state index in [1.165, 1.54) is 11.3 Å². The molecule has 6 nitrogen and oxygen atoms in total. The van der Waals surface area contributed by atoms with E-state index in [-0.39, 0.29) is 11.9 Å². The molecule has 1 saturated carbocycles. The molecule has 1 aliphatic rings. The Balaban J connectivity index is 2.04. The third-order valence-corrected chi connectivity index (χ3v) is 4.32. The van der Waals surface area contributed by atoms with Crippen molar-refractivity contribution in [1.82, 2.24) is 15.1 Å². The SMILES string of the molecule is CCNc1nnc(C(=O)N(C)C2CCCCC2O)s1. The maximum Gasteiger partial charge on any atom is 0.284 e. The van der Waals surface area contributed by atoms with Crippen molar-refractivity contribution in [2.24, 2.45) is 0 Å². The highest BCUT2D eigenvalue weighted by Gasteiger charge is 2.31. The molecule has 0 spiro atoms. The molecule has 1 heterocycles. The quantitative estimate of drug-likeness (QED) is 0.872. The van der Waals surface area contributed by atoms with E-state index in [0.717, 1.165) is 32.2 Å². The van der Waals surface area contributed by atoms with Crippen molar-refractivity contribution in [2.75, 3.05) is 18.9 Å². The molecule has 7 heteroatoms. The van der Waals surface area contributed by atoms with Crippen molar-refractivity contribution in [3.63, 3.8) is 0 Å². The van der Waals surface area contributed by atoms with Crippen molar-refractivity contribution < 1.29 is 9.90 Å². The number of hydrogen-bond donors (Lipinski definition) is 2. The molecular formula is C12H20N4O2S. The van der Waals surface area contributed by atoms with Crippen LogP contribution in [0.15, 0.2) is 0 Å². The second kappa shape index (κ2) is 6.29. The zero-order valence-electron chi connectivity index (χ0n) is 11.3. The summed E-state index contributed by atoms with van der Waals surface area (Å²) in [5, 5.41) is 21.9. The van der Waals surface area contributed by atoms with Crippen LogP contribution in [0.3, 0.4) is 0 Å². The number of amides is 1.